The third kappa shape index (κ3) is 3.17. The number of aliphatic hydroxyl groups is 1. The number of non-ortho nitro benzene ring substituents is 1. The van der Waals surface area contributed by atoms with E-state index in [1.807, 2.05) is 13.8 Å². The molecule has 0 radical (unpaired) electrons. The predicted molar refractivity (Wildman–Crippen MR) is 67.1 cm³/mol. The molecule has 0 amide bonds. The van der Waals surface area contributed by atoms with Gasteiger partial charge in [-0.3, -0.25) is 10.1 Å². The Kier molecular flexibility index (Phi) is 4.45. The number of nitro benzene ring substituents is 1. The van der Waals surface area contributed by atoms with E-state index in [0.29, 0.717) is 5.69 Å². The molecule has 1 aromatic rings. The molecule has 5 heteroatoms. The Morgan fingerprint density at radius 1 is 1.41 bits per heavy atom. The molecular formula is C12H18N2O3. The standard InChI is InChI=1S/C12H18N2O3/c1-3-12(4-2,9-15)13-10-6-5-7-11(8-10)14(16)17/h5-8,13,15H,3-4,9H2,1-2H3. The summed E-state index contributed by atoms with van der Waals surface area (Å²) in [6, 6.07) is 6.33. The molecule has 2 N–H and O–H groups in total. The predicted octanol–water partition coefficient (Wildman–Crippen LogP) is 2.56. The Labute approximate surface area is 101 Å². The molecule has 0 aliphatic carbocycles. The number of hydrogen-bond acceptors (Lipinski definition) is 4. The molecule has 5 nitrogen and oxygen atoms in total. The van der Waals surface area contributed by atoms with Gasteiger partial charge in [0.05, 0.1) is 17.1 Å². The lowest BCUT2D eigenvalue weighted by Gasteiger charge is -2.31. The van der Waals surface area contributed by atoms with Crippen molar-refractivity contribution < 1.29 is 10.0 Å². The molecule has 0 aromatic heterocycles. The van der Waals surface area contributed by atoms with Crippen LogP contribution in [0.15, 0.2) is 24.3 Å². The molecule has 0 saturated carbocycles. The minimum Gasteiger partial charge on any atom is -0.394 e. The molecule has 1 aromatic carbocycles. The topological polar surface area (TPSA) is 75.4 Å². The summed E-state index contributed by atoms with van der Waals surface area (Å²) in [4.78, 5) is 10.2. The van der Waals surface area contributed by atoms with Crippen molar-refractivity contribution in [2.24, 2.45) is 0 Å². The number of nitro groups is 1. The van der Waals surface area contributed by atoms with Crippen LogP contribution in [-0.4, -0.2) is 22.2 Å². The number of benzene rings is 1. The van der Waals surface area contributed by atoms with Gasteiger partial charge in [-0.25, -0.2) is 0 Å². The summed E-state index contributed by atoms with van der Waals surface area (Å²) < 4.78 is 0. The van der Waals surface area contributed by atoms with Crippen LogP contribution < -0.4 is 5.32 Å². The Bertz CT molecular complexity index is 381. The van der Waals surface area contributed by atoms with Gasteiger partial charge in [0.25, 0.3) is 5.69 Å². The van der Waals surface area contributed by atoms with E-state index < -0.39 is 10.5 Å². The van der Waals surface area contributed by atoms with Gasteiger partial charge in [0, 0.05) is 17.8 Å². The molecule has 94 valence electrons. The fourth-order valence-electron chi connectivity index (χ4n) is 1.69. The highest BCUT2D eigenvalue weighted by Crippen LogP contribution is 2.24. The first-order valence-corrected chi connectivity index (χ1v) is 5.70. The van der Waals surface area contributed by atoms with Gasteiger partial charge in [0.1, 0.15) is 0 Å². The van der Waals surface area contributed by atoms with Crippen LogP contribution in [0.25, 0.3) is 0 Å². The lowest BCUT2D eigenvalue weighted by Crippen LogP contribution is -2.40. The third-order valence-corrected chi connectivity index (χ3v) is 3.12. The summed E-state index contributed by atoms with van der Waals surface area (Å²) in [6.45, 7) is 3.96. The van der Waals surface area contributed by atoms with Crippen LogP contribution in [0.1, 0.15) is 26.7 Å². The van der Waals surface area contributed by atoms with Crippen LogP contribution in [0.5, 0.6) is 0 Å². The van der Waals surface area contributed by atoms with Crippen molar-refractivity contribution in [3.63, 3.8) is 0 Å². The monoisotopic (exact) mass is 238 g/mol. The van der Waals surface area contributed by atoms with Crippen LogP contribution >= 0.6 is 0 Å². The lowest BCUT2D eigenvalue weighted by atomic mass is 9.93. The number of rotatable bonds is 6. The molecule has 0 fully saturated rings. The first-order chi connectivity index (χ1) is 8.06. The molecule has 17 heavy (non-hydrogen) atoms. The average molecular weight is 238 g/mol. The van der Waals surface area contributed by atoms with Crippen molar-refractivity contribution in [2.75, 3.05) is 11.9 Å². The largest absolute Gasteiger partial charge is 0.394 e. The van der Waals surface area contributed by atoms with Crippen molar-refractivity contribution in [3.05, 3.63) is 34.4 Å². The minimum atomic E-state index is -0.427. The summed E-state index contributed by atoms with van der Waals surface area (Å²) in [5.41, 5.74) is 0.306. The third-order valence-electron chi connectivity index (χ3n) is 3.12. The van der Waals surface area contributed by atoms with Crippen LogP contribution in [0.3, 0.4) is 0 Å². The van der Waals surface area contributed by atoms with E-state index in [1.54, 1.807) is 12.1 Å². The van der Waals surface area contributed by atoms with Gasteiger partial charge in [-0.15, -0.1) is 0 Å². The van der Waals surface area contributed by atoms with Crippen molar-refractivity contribution in [2.45, 2.75) is 32.2 Å². The van der Waals surface area contributed by atoms with Gasteiger partial charge >= 0.3 is 0 Å². The highest BCUT2D eigenvalue weighted by Gasteiger charge is 2.25. The van der Waals surface area contributed by atoms with Crippen molar-refractivity contribution in [3.8, 4) is 0 Å². The van der Waals surface area contributed by atoms with Gasteiger partial charge in [-0.05, 0) is 18.9 Å². The van der Waals surface area contributed by atoms with Crippen LogP contribution in [0.2, 0.25) is 0 Å². The van der Waals surface area contributed by atoms with Crippen molar-refractivity contribution in [1.29, 1.82) is 0 Å². The normalized spacial score (nSPS) is 11.2. The Hall–Kier alpha value is -1.62. The van der Waals surface area contributed by atoms with E-state index in [1.165, 1.54) is 12.1 Å². The molecule has 0 saturated heterocycles. The second-order valence-electron chi connectivity index (χ2n) is 4.08. The van der Waals surface area contributed by atoms with E-state index in [0.717, 1.165) is 12.8 Å². The van der Waals surface area contributed by atoms with Gasteiger partial charge < -0.3 is 10.4 Å². The molecule has 0 heterocycles. The molecule has 0 bridgehead atoms. The maximum absolute atomic E-state index is 10.7. The molecule has 0 aliphatic heterocycles. The molecule has 0 aliphatic rings. The van der Waals surface area contributed by atoms with E-state index in [4.69, 9.17) is 0 Å². The second kappa shape index (κ2) is 5.63. The Balaban J connectivity index is 2.93. The summed E-state index contributed by atoms with van der Waals surface area (Å²) in [5.74, 6) is 0. The number of aliphatic hydroxyl groups excluding tert-OH is 1. The first kappa shape index (κ1) is 13.4. The number of nitrogens with one attached hydrogen (secondary N) is 1. The van der Waals surface area contributed by atoms with E-state index in [-0.39, 0.29) is 12.3 Å². The zero-order valence-electron chi connectivity index (χ0n) is 10.1. The molecule has 1 rings (SSSR count). The Morgan fingerprint density at radius 3 is 2.53 bits per heavy atom. The van der Waals surface area contributed by atoms with Crippen LogP contribution in [0.4, 0.5) is 11.4 Å². The molecule has 0 unspecified atom stereocenters. The van der Waals surface area contributed by atoms with Crippen LogP contribution in [0, 0.1) is 10.1 Å². The van der Waals surface area contributed by atoms with Gasteiger partial charge in [-0.2, -0.15) is 0 Å². The van der Waals surface area contributed by atoms with Crippen molar-refractivity contribution >= 4 is 11.4 Å². The van der Waals surface area contributed by atoms with Gasteiger partial charge in [0.2, 0.25) is 0 Å². The fourth-order valence-corrected chi connectivity index (χ4v) is 1.69. The zero-order chi connectivity index (χ0) is 12.9. The summed E-state index contributed by atoms with van der Waals surface area (Å²) in [6.07, 6.45) is 1.51. The summed E-state index contributed by atoms with van der Waals surface area (Å²) in [5, 5.41) is 23.3. The molecule has 0 atom stereocenters. The number of nitrogens with zero attached hydrogens (tertiary/aromatic N) is 1. The number of hydrogen-bond donors (Lipinski definition) is 2. The van der Waals surface area contributed by atoms with Gasteiger partial charge in [-0.1, -0.05) is 19.9 Å². The smallest absolute Gasteiger partial charge is 0.271 e. The lowest BCUT2D eigenvalue weighted by molar-refractivity contribution is -0.384. The summed E-state index contributed by atoms with van der Waals surface area (Å²) >= 11 is 0. The average Bonchev–Trinajstić information content (AvgIpc) is 2.36. The van der Waals surface area contributed by atoms with E-state index >= 15 is 0 Å². The van der Waals surface area contributed by atoms with Gasteiger partial charge in [0.15, 0.2) is 0 Å². The van der Waals surface area contributed by atoms with E-state index in [2.05, 4.69) is 5.32 Å². The molecular weight excluding hydrogens is 220 g/mol. The number of anilines is 1. The molecule has 0 spiro atoms. The quantitative estimate of drug-likeness (QED) is 0.590. The van der Waals surface area contributed by atoms with Crippen molar-refractivity contribution in [1.82, 2.24) is 0 Å². The SMILES string of the molecule is CCC(CC)(CO)Nc1cccc([N+](=O)[O-])c1. The minimum absolute atomic E-state index is 0.00267. The maximum Gasteiger partial charge on any atom is 0.271 e. The highest BCUT2D eigenvalue weighted by atomic mass is 16.6. The maximum atomic E-state index is 10.7. The van der Waals surface area contributed by atoms with Crippen LogP contribution in [-0.2, 0) is 0 Å². The summed E-state index contributed by atoms with van der Waals surface area (Å²) in [7, 11) is 0. The zero-order valence-corrected chi connectivity index (χ0v) is 10.1. The van der Waals surface area contributed by atoms with E-state index in [9.17, 15) is 15.2 Å². The Morgan fingerprint density at radius 2 is 2.06 bits per heavy atom. The second-order valence-corrected chi connectivity index (χ2v) is 4.08. The highest BCUT2D eigenvalue weighted by molar-refractivity contribution is 5.52. The first-order valence-electron chi connectivity index (χ1n) is 5.70. The fraction of sp³-hybridized carbons (Fsp3) is 0.500.